The van der Waals surface area contributed by atoms with E-state index in [4.69, 9.17) is 16.0 Å². The average Bonchev–Trinajstić information content (AvgIpc) is 2.94. The Morgan fingerprint density at radius 2 is 1.91 bits per heavy atom. The van der Waals surface area contributed by atoms with Crippen LogP contribution in [0.1, 0.15) is 16.1 Å². The molecule has 0 atom stereocenters. The fourth-order valence-electron chi connectivity index (χ4n) is 2.35. The molecule has 1 aromatic heterocycles. The molecule has 5 heteroatoms. The third-order valence-corrected chi connectivity index (χ3v) is 3.74. The van der Waals surface area contributed by atoms with E-state index < -0.39 is 5.82 Å². The summed E-state index contributed by atoms with van der Waals surface area (Å²) in [5.41, 5.74) is 1.90. The fraction of sp³-hybridized carbons (Fsp3) is 0.0556. The van der Waals surface area contributed by atoms with Crippen LogP contribution in [0, 0.1) is 12.7 Å². The van der Waals surface area contributed by atoms with Crippen molar-refractivity contribution in [2.75, 3.05) is 5.32 Å². The number of halogens is 2. The second-order valence-corrected chi connectivity index (χ2v) is 5.45. The van der Waals surface area contributed by atoms with Gasteiger partial charge in [-0.2, -0.15) is 0 Å². The van der Waals surface area contributed by atoms with Crippen LogP contribution in [0.25, 0.3) is 11.1 Å². The summed E-state index contributed by atoms with van der Waals surface area (Å²) in [4.78, 5) is 12.3. The molecule has 0 aliphatic heterocycles. The topological polar surface area (TPSA) is 42.2 Å². The Labute approximate surface area is 137 Å². The van der Waals surface area contributed by atoms with Gasteiger partial charge in [0.1, 0.15) is 11.6 Å². The van der Waals surface area contributed by atoms with Gasteiger partial charge in [0.25, 0.3) is 5.91 Å². The summed E-state index contributed by atoms with van der Waals surface area (Å²) in [5.74, 6) is -0.227. The number of hydrogen-bond acceptors (Lipinski definition) is 2. The molecule has 3 aromatic rings. The van der Waals surface area contributed by atoms with E-state index in [1.165, 1.54) is 12.3 Å². The molecular formula is C18H13ClFNO2. The van der Waals surface area contributed by atoms with E-state index >= 15 is 0 Å². The molecule has 0 fully saturated rings. The summed E-state index contributed by atoms with van der Waals surface area (Å²) < 4.78 is 19.3. The number of carbonyl (C=O) groups is 1. The van der Waals surface area contributed by atoms with E-state index in [9.17, 15) is 9.18 Å². The summed E-state index contributed by atoms with van der Waals surface area (Å²) in [6.07, 6.45) is 1.45. The number of amides is 1. The van der Waals surface area contributed by atoms with Crippen molar-refractivity contribution in [2.24, 2.45) is 0 Å². The average molecular weight is 330 g/mol. The molecule has 3 rings (SSSR count). The predicted octanol–water partition coefficient (Wildman–Crippen LogP) is 5.30. The van der Waals surface area contributed by atoms with Crippen molar-refractivity contribution < 1.29 is 13.6 Å². The molecule has 1 N–H and O–H groups in total. The largest absolute Gasteiger partial charge is 0.469 e. The van der Waals surface area contributed by atoms with Gasteiger partial charge in [-0.3, -0.25) is 4.79 Å². The Hall–Kier alpha value is -2.59. The zero-order valence-electron chi connectivity index (χ0n) is 12.3. The van der Waals surface area contributed by atoms with Crippen molar-refractivity contribution in [3.05, 3.63) is 77.0 Å². The van der Waals surface area contributed by atoms with Gasteiger partial charge in [0.2, 0.25) is 0 Å². The van der Waals surface area contributed by atoms with E-state index in [0.717, 1.165) is 0 Å². The molecule has 0 unspecified atom stereocenters. The maximum absolute atomic E-state index is 14.2. The van der Waals surface area contributed by atoms with Crippen molar-refractivity contribution in [3.63, 3.8) is 0 Å². The molecule has 1 heterocycles. The van der Waals surface area contributed by atoms with Crippen LogP contribution in [0.3, 0.4) is 0 Å². The minimum Gasteiger partial charge on any atom is -0.469 e. The second kappa shape index (κ2) is 6.26. The lowest BCUT2D eigenvalue weighted by Gasteiger charge is -2.12. The summed E-state index contributed by atoms with van der Waals surface area (Å²) in [7, 11) is 0. The fourth-order valence-corrected chi connectivity index (χ4v) is 2.50. The third-order valence-electron chi connectivity index (χ3n) is 3.50. The van der Waals surface area contributed by atoms with Crippen molar-refractivity contribution in [1.29, 1.82) is 0 Å². The minimum absolute atomic E-state index is 0.307. The van der Waals surface area contributed by atoms with E-state index in [1.807, 2.05) is 0 Å². The maximum atomic E-state index is 14.2. The lowest BCUT2D eigenvalue weighted by molar-refractivity contribution is 0.102. The standard InChI is InChI=1S/C18H13ClFNO2/c1-11-13(8-9-23-11)18(22)21-17-5-3-2-4-15(17)14-7-6-12(19)10-16(14)20/h2-10H,1H3,(H,21,22). The number of carbonyl (C=O) groups excluding carboxylic acids is 1. The van der Waals surface area contributed by atoms with Gasteiger partial charge in [-0.25, -0.2) is 4.39 Å². The first-order chi connectivity index (χ1) is 11.1. The summed E-state index contributed by atoms with van der Waals surface area (Å²) >= 11 is 5.79. The second-order valence-electron chi connectivity index (χ2n) is 5.01. The first-order valence-corrected chi connectivity index (χ1v) is 7.34. The maximum Gasteiger partial charge on any atom is 0.259 e. The molecule has 0 radical (unpaired) electrons. The van der Waals surface area contributed by atoms with Gasteiger partial charge < -0.3 is 9.73 Å². The van der Waals surface area contributed by atoms with Crippen molar-refractivity contribution >= 4 is 23.2 Å². The summed E-state index contributed by atoms with van der Waals surface area (Å²) in [6, 6.07) is 13.1. The first kappa shape index (κ1) is 15.3. The zero-order chi connectivity index (χ0) is 16.4. The van der Waals surface area contributed by atoms with Gasteiger partial charge in [0.15, 0.2) is 0 Å². The van der Waals surface area contributed by atoms with Gasteiger partial charge in [-0.15, -0.1) is 0 Å². The number of para-hydroxylation sites is 1. The monoisotopic (exact) mass is 329 g/mol. The zero-order valence-corrected chi connectivity index (χ0v) is 13.0. The molecule has 0 spiro atoms. The predicted molar refractivity (Wildman–Crippen MR) is 88.2 cm³/mol. The van der Waals surface area contributed by atoms with E-state index in [1.54, 1.807) is 49.4 Å². The van der Waals surface area contributed by atoms with Crippen LogP contribution in [0.15, 0.2) is 59.2 Å². The number of aryl methyl sites for hydroxylation is 1. The van der Waals surface area contributed by atoms with Crippen LogP contribution in [0.4, 0.5) is 10.1 Å². The van der Waals surface area contributed by atoms with E-state index in [2.05, 4.69) is 5.32 Å². The number of anilines is 1. The molecule has 116 valence electrons. The third kappa shape index (κ3) is 3.12. The smallest absolute Gasteiger partial charge is 0.259 e. The highest BCUT2D eigenvalue weighted by atomic mass is 35.5. The quantitative estimate of drug-likeness (QED) is 0.708. The van der Waals surface area contributed by atoms with Gasteiger partial charge in [0, 0.05) is 21.8 Å². The minimum atomic E-state index is -0.446. The summed E-state index contributed by atoms with van der Waals surface area (Å²) in [5, 5.41) is 3.12. The Bertz CT molecular complexity index is 873. The molecule has 1 amide bonds. The highest BCUT2D eigenvalue weighted by Gasteiger charge is 2.15. The molecule has 0 aliphatic rings. The molecule has 0 saturated carbocycles. The Balaban J connectivity index is 1.98. The number of hydrogen-bond donors (Lipinski definition) is 1. The Morgan fingerprint density at radius 1 is 1.13 bits per heavy atom. The van der Waals surface area contributed by atoms with Crippen molar-refractivity contribution in [3.8, 4) is 11.1 Å². The van der Waals surface area contributed by atoms with E-state index in [-0.39, 0.29) is 5.91 Å². The first-order valence-electron chi connectivity index (χ1n) is 6.96. The van der Waals surface area contributed by atoms with Crippen LogP contribution >= 0.6 is 11.6 Å². The molecule has 0 aliphatic carbocycles. The molecule has 2 aromatic carbocycles. The van der Waals surface area contributed by atoms with Gasteiger partial charge in [0.05, 0.1) is 11.8 Å². The number of benzene rings is 2. The number of rotatable bonds is 3. The van der Waals surface area contributed by atoms with Gasteiger partial charge in [-0.1, -0.05) is 29.8 Å². The molecule has 23 heavy (non-hydrogen) atoms. The van der Waals surface area contributed by atoms with Crippen LogP contribution in [0.2, 0.25) is 5.02 Å². The van der Waals surface area contributed by atoms with Crippen LogP contribution in [-0.4, -0.2) is 5.91 Å². The van der Waals surface area contributed by atoms with Crippen LogP contribution in [0.5, 0.6) is 0 Å². The molecule has 0 saturated heterocycles. The highest BCUT2D eigenvalue weighted by Crippen LogP contribution is 2.31. The molecule has 0 bridgehead atoms. The summed E-state index contributed by atoms with van der Waals surface area (Å²) in [6.45, 7) is 1.71. The number of furan rings is 1. The number of nitrogens with one attached hydrogen (secondary N) is 1. The lowest BCUT2D eigenvalue weighted by atomic mass is 10.0. The van der Waals surface area contributed by atoms with E-state index in [0.29, 0.717) is 33.2 Å². The lowest BCUT2D eigenvalue weighted by Crippen LogP contribution is -2.12. The van der Waals surface area contributed by atoms with Gasteiger partial charge >= 0.3 is 0 Å². The van der Waals surface area contributed by atoms with Crippen LogP contribution in [-0.2, 0) is 0 Å². The highest BCUT2D eigenvalue weighted by molar-refractivity contribution is 6.30. The van der Waals surface area contributed by atoms with Gasteiger partial charge in [-0.05, 0) is 37.3 Å². The van der Waals surface area contributed by atoms with Crippen molar-refractivity contribution in [2.45, 2.75) is 6.92 Å². The van der Waals surface area contributed by atoms with Crippen LogP contribution < -0.4 is 5.32 Å². The Kier molecular flexibility index (Phi) is 4.17. The SMILES string of the molecule is Cc1occc1C(=O)Nc1ccccc1-c1ccc(Cl)cc1F. The van der Waals surface area contributed by atoms with Crippen molar-refractivity contribution in [1.82, 2.24) is 0 Å². The Morgan fingerprint density at radius 3 is 2.61 bits per heavy atom. The molecule has 3 nitrogen and oxygen atoms in total. The normalized spacial score (nSPS) is 10.6. The molecular weight excluding hydrogens is 317 g/mol.